The number of hydrogen-bond donors (Lipinski definition) is 2. The molecule has 0 aliphatic rings. The molecule has 0 radical (unpaired) electrons. The maximum atomic E-state index is 11.2. The summed E-state index contributed by atoms with van der Waals surface area (Å²) in [7, 11) is 0. The van der Waals surface area contributed by atoms with Crippen LogP contribution in [0.1, 0.15) is 43.9 Å². The highest BCUT2D eigenvalue weighted by Gasteiger charge is 2.18. The van der Waals surface area contributed by atoms with Gasteiger partial charge in [0.2, 0.25) is 0 Å². The van der Waals surface area contributed by atoms with Crippen LogP contribution in [0.5, 0.6) is 0 Å². The SMILES string of the molecule is CC(C)(C)c1cc(COC(=O)CC(=O)O)ccc1CO. The third-order valence-corrected chi connectivity index (χ3v) is 2.85. The molecule has 1 aromatic carbocycles. The second-order valence-electron chi connectivity index (χ2n) is 5.63. The topological polar surface area (TPSA) is 83.8 Å². The van der Waals surface area contributed by atoms with Crippen LogP contribution in [0.25, 0.3) is 0 Å². The zero-order valence-electron chi connectivity index (χ0n) is 12.0. The highest BCUT2D eigenvalue weighted by molar-refractivity contribution is 5.90. The van der Waals surface area contributed by atoms with Gasteiger partial charge in [-0.2, -0.15) is 0 Å². The summed E-state index contributed by atoms with van der Waals surface area (Å²) in [5.41, 5.74) is 2.44. The van der Waals surface area contributed by atoms with Crippen molar-refractivity contribution in [3.8, 4) is 0 Å². The first-order chi connectivity index (χ1) is 9.24. The van der Waals surface area contributed by atoms with E-state index in [0.717, 1.165) is 16.7 Å². The van der Waals surface area contributed by atoms with Gasteiger partial charge < -0.3 is 14.9 Å². The van der Waals surface area contributed by atoms with Gasteiger partial charge in [0.15, 0.2) is 0 Å². The lowest BCUT2D eigenvalue weighted by molar-refractivity contribution is -0.152. The number of carbonyl (C=O) groups is 2. The Morgan fingerprint density at radius 3 is 2.40 bits per heavy atom. The first-order valence-corrected chi connectivity index (χ1v) is 6.34. The summed E-state index contributed by atoms with van der Waals surface area (Å²) in [5, 5.41) is 17.8. The van der Waals surface area contributed by atoms with Gasteiger partial charge in [0, 0.05) is 0 Å². The van der Waals surface area contributed by atoms with E-state index in [0.29, 0.717) is 0 Å². The number of aliphatic hydroxyl groups excluding tert-OH is 1. The van der Waals surface area contributed by atoms with E-state index in [1.807, 2.05) is 26.8 Å². The molecule has 0 fully saturated rings. The van der Waals surface area contributed by atoms with Gasteiger partial charge in [-0.3, -0.25) is 9.59 Å². The van der Waals surface area contributed by atoms with Gasteiger partial charge in [-0.15, -0.1) is 0 Å². The molecule has 5 heteroatoms. The van der Waals surface area contributed by atoms with Crippen LogP contribution < -0.4 is 0 Å². The summed E-state index contributed by atoms with van der Waals surface area (Å²) >= 11 is 0. The summed E-state index contributed by atoms with van der Waals surface area (Å²) < 4.78 is 4.90. The molecule has 0 spiro atoms. The lowest BCUT2D eigenvalue weighted by Gasteiger charge is -2.23. The molecule has 110 valence electrons. The van der Waals surface area contributed by atoms with Crippen LogP contribution in [-0.2, 0) is 33.0 Å². The number of benzene rings is 1. The van der Waals surface area contributed by atoms with Crippen molar-refractivity contribution >= 4 is 11.9 Å². The Labute approximate surface area is 118 Å². The fraction of sp³-hybridized carbons (Fsp3) is 0.467. The normalized spacial score (nSPS) is 11.2. The van der Waals surface area contributed by atoms with Crippen molar-refractivity contribution in [2.75, 3.05) is 0 Å². The first-order valence-electron chi connectivity index (χ1n) is 6.34. The van der Waals surface area contributed by atoms with Crippen LogP contribution >= 0.6 is 0 Å². The lowest BCUT2D eigenvalue weighted by Crippen LogP contribution is -2.15. The van der Waals surface area contributed by atoms with Crippen LogP contribution in [-0.4, -0.2) is 22.2 Å². The average molecular weight is 280 g/mol. The molecule has 0 aliphatic heterocycles. The standard InChI is InChI=1S/C15H20O5/c1-15(2,3)12-6-10(4-5-11(12)8-16)9-20-14(19)7-13(17)18/h4-6,16H,7-9H2,1-3H3,(H,17,18). The third-order valence-electron chi connectivity index (χ3n) is 2.85. The van der Waals surface area contributed by atoms with Crippen molar-refractivity contribution in [3.63, 3.8) is 0 Å². The van der Waals surface area contributed by atoms with Crippen molar-refractivity contribution in [2.45, 2.75) is 45.8 Å². The van der Waals surface area contributed by atoms with E-state index >= 15 is 0 Å². The van der Waals surface area contributed by atoms with E-state index in [-0.39, 0.29) is 18.6 Å². The van der Waals surface area contributed by atoms with Crippen molar-refractivity contribution in [1.82, 2.24) is 0 Å². The first kappa shape index (κ1) is 16.2. The Morgan fingerprint density at radius 1 is 1.25 bits per heavy atom. The van der Waals surface area contributed by atoms with E-state index < -0.39 is 18.4 Å². The van der Waals surface area contributed by atoms with Gasteiger partial charge in [-0.25, -0.2) is 0 Å². The van der Waals surface area contributed by atoms with E-state index in [1.54, 1.807) is 12.1 Å². The van der Waals surface area contributed by atoms with Crippen LogP contribution in [0.3, 0.4) is 0 Å². The quantitative estimate of drug-likeness (QED) is 0.636. The fourth-order valence-corrected chi connectivity index (χ4v) is 1.89. The maximum Gasteiger partial charge on any atom is 0.317 e. The number of esters is 1. The fourth-order valence-electron chi connectivity index (χ4n) is 1.89. The predicted molar refractivity (Wildman–Crippen MR) is 73.1 cm³/mol. The zero-order chi connectivity index (χ0) is 15.3. The Hall–Kier alpha value is -1.88. The van der Waals surface area contributed by atoms with Gasteiger partial charge in [0.05, 0.1) is 6.61 Å². The molecule has 0 amide bonds. The number of aliphatic hydroxyl groups is 1. The molecule has 0 aliphatic carbocycles. The van der Waals surface area contributed by atoms with Gasteiger partial charge >= 0.3 is 11.9 Å². The number of ether oxygens (including phenoxy) is 1. The van der Waals surface area contributed by atoms with Crippen molar-refractivity contribution in [1.29, 1.82) is 0 Å². The van der Waals surface area contributed by atoms with Gasteiger partial charge in [0.1, 0.15) is 13.0 Å². The minimum absolute atomic E-state index is 0.0287. The van der Waals surface area contributed by atoms with Crippen LogP contribution in [0, 0.1) is 0 Å². The van der Waals surface area contributed by atoms with Crippen molar-refractivity contribution < 1.29 is 24.5 Å². The maximum absolute atomic E-state index is 11.2. The van der Waals surface area contributed by atoms with E-state index in [2.05, 4.69) is 0 Å². The number of carbonyl (C=O) groups excluding carboxylic acids is 1. The molecule has 0 saturated heterocycles. The van der Waals surface area contributed by atoms with Gasteiger partial charge in [-0.1, -0.05) is 39.0 Å². The van der Waals surface area contributed by atoms with E-state index in [1.165, 1.54) is 0 Å². The molecular formula is C15H20O5. The molecule has 0 unspecified atom stereocenters. The molecule has 1 aromatic rings. The second kappa shape index (κ2) is 6.52. The molecule has 5 nitrogen and oxygen atoms in total. The molecule has 0 heterocycles. The molecule has 0 bridgehead atoms. The van der Waals surface area contributed by atoms with E-state index in [9.17, 15) is 14.7 Å². The predicted octanol–water partition coefficient (Wildman–Crippen LogP) is 1.99. The number of hydrogen-bond acceptors (Lipinski definition) is 4. The largest absolute Gasteiger partial charge is 0.481 e. The third kappa shape index (κ3) is 4.66. The average Bonchev–Trinajstić information content (AvgIpc) is 2.34. The van der Waals surface area contributed by atoms with Crippen LogP contribution in [0.4, 0.5) is 0 Å². The molecular weight excluding hydrogens is 260 g/mol. The van der Waals surface area contributed by atoms with Crippen molar-refractivity contribution in [3.05, 3.63) is 34.9 Å². The molecule has 0 atom stereocenters. The highest BCUT2D eigenvalue weighted by Crippen LogP contribution is 2.27. The Kier molecular flexibility index (Phi) is 5.27. The molecule has 0 saturated carbocycles. The number of carboxylic acids is 1. The molecule has 0 aromatic heterocycles. The van der Waals surface area contributed by atoms with Gasteiger partial charge in [0.25, 0.3) is 0 Å². The van der Waals surface area contributed by atoms with Crippen molar-refractivity contribution in [2.24, 2.45) is 0 Å². The van der Waals surface area contributed by atoms with Gasteiger partial charge in [-0.05, 0) is 22.1 Å². The molecule has 20 heavy (non-hydrogen) atoms. The molecule has 2 N–H and O–H groups in total. The second-order valence-corrected chi connectivity index (χ2v) is 5.63. The lowest BCUT2D eigenvalue weighted by atomic mass is 9.83. The monoisotopic (exact) mass is 280 g/mol. The number of carboxylic acid groups (broad SMARTS) is 1. The summed E-state index contributed by atoms with van der Waals surface area (Å²) in [6.07, 6.45) is -0.638. The smallest absolute Gasteiger partial charge is 0.317 e. The van der Waals surface area contributed by atoms with E-state index in [4.69, 9.17) is 9.84 Å². The minimum atomic E-state index is -1.21. The zero-order valence-corrected chi connectivity index (χ0v) is 12.0. The summed E-state index contributed by atoms with van der Waals surface area (Å²) in [6, 6.07) is 5.43. The highest BCUT2D eigenvalue weighted by atomic mass is 16.5. The Morgan fingerprint density at radius 2 is 1.90 bits per heavy atom. The minimum Gasteiger partial charge on any atom is -0.481 e. The Bertz CT molecular complexity index is 499. The summed E-state index contributed by atoms with van der Waals surface area (Å²) in [5.74, 6) is -1.97. The molecule has 1 rings (SSSR count). The number of aliphatic carboxylic acids is 1. The number of rotatable bonds is 5. The summed E-state index contributed by atoms with van der Waals surface area (Å²) in [4.78, 5) is 21.6. The Balaban J connectivity index is 2.82. The van der Waals surface area contributed by atoms with Crippen LogP contribution in [0.15, 0.2) is 18.2 Å². The van der Waals surface area contributed by atoms with Crippen LogP contribution in [0.2, 0.25) is 0 Å². The summed E-state index contributed by atoms with van der Waals surface area (Å²) in [6.45, 7) is 6.07.